The van der Waals surface area contributed by atoms with E-state index in [2.05, 4.69) is 4.72 Å². The van der Waals surface area contributed by atoms with Gasteiger partial charge in [0.05, 0.1) is 0 Å². The zero-order valence-electron chi connectivity index (χ0n) is 8.48. The molecule has 15 heavy (non-hydrogen) atoms. The molecule has 0 bridgehead atoms. The van der Waals surface area contributed by atoms with Gasteiger partial charge in [-0.05, 0) is 12.0 Å². The predicted molar refractivity (Wildman–Crippen MR) is 62.2 cm³/mol. The third kappa shape index (κ3) is 3.81. The van der Waals surface area contributed by atoms with Crippen molar-refractivity contribution in [3.63, 3.8) is 0 Å². The van der Waals surface area contributed by atoms with Gasteiger partial charge in [0.1, 0.15) is 5.21 Å². The molecule has 0 heterocycles. The van der Waals surface area contributed by atoms with E-state index in [1.807, 2.05) is 37.3 Å². The third-order valence-electron chi connectivity index (χ3n) is 2.08. The van der Waals surface area contributed by atoms with Crippen LogP contribution >= 0.6 is 11.6 Å². The molecule has 1 unspecified atom stereocenters. The van der Waals surface area contributed by atoms with Gasteiger partial charge in [0, 0.05) is 6.04 Å². The molecule has 1 N–H and O–H groups in total. The van der Waals surface area contributed by atoms with E-state index in [9.17, 15) is 8.42 Å². The van der Waals surface area contributed by atoms with Crippen LogP contribution in [0, 0.1) is 0 Å². The van der Waals surface area contributed by atoms with Crippen molar-refractivity contribution in [1.82, 2.24) is 4.72 Å². The number of rotatable bonds is 5. The van der Waals surface area contributed by atoms with Crippen LogP contribution in [0.2, 0.25) is 0 Å². The number of halogens is 1. The molecule has 0 aliphatic carbocycles. The SMILES string of the molecule is CCC(NS(=O)(=O)CCl)c1ccccc1. The molecule has 0 spiro atoms. The van der Waals surface area contributed by atoms with Gasteiger partial charge in [-0.15, -0.1) is 11.6 Å². The molecule has 0 radical (unpaired) electrons. The van der Waals surface area contributed by atoms with Gasteiger partial charge in [0.25, 0.3) is 0 Å². The zero-order valence-corrected chi connectivity index (χ0v) is 10.1. The molecule has 1 atom stereocenters. The summed E-state index contributed by atoms with van der Waals surface area (Å²) < 4.78 is 25.1. The van der Waals surface area contributed by atoms with E-state index in [4.69, 9.17) is 11.6 Å². The maximum Gasteiger partial charge on any atom is 0.226 e. The van der Waals surface area contributed by atoms with Crippen LogP contribution in [-0.4, -0.2) is 13.6 Å². The van der Waals surface area contributed by atoms with Crippen molar-refractivity contribution in [1.29, 1.82) is 0 Å². The van der Waals surface area contributed by atoms with Crippen LogP contribution < -0.4 is 4.72 Å². The highest BCUT2D eigenvalue weighted by atomic mass is 35.5. The molecule has 0 amide bonds. The second-order valence-corrected chi connectivity index (χ2v) is 5.55. The smallest absolute Gasteiger partial charge is 0.211 e. The lowest BCUT2D eigenvalue weighted by Gasteiger charge is -2.16. The van der Waals surface area contributed by atoms with Crippen LogP contribution in [0.25, 0.3) is 0 Å². The summed E-state index contributed by atoms with van der Waals surface area (Å²) >= 11 is 5.33. The summed E-state index contributed by atoms with van der Waals surface area (Å²) in [7, 11) is -3.36. The Hall–Kier alpha value is -0.580. The van der Waals surface area contributed by atoms with Crippen molar-refractivity contribution in [2.24, 2.45) is 0 Å². The standard InChI is InChI=1S/C10H14ClNO2S/c1-2-10(12-15(13,14)8-11)9-6-4-3-5-7-9/h3-7,10,12H,2,8H2,1H3. The number of sulfonamides is 1. The fraction of sp³-hybridized carbons (Fsp3) is 0.400. The molecule has 84 valence electrons. The quantitative estimate of drug-likeness (QED) is 0.812. The first-order valence-corrected chi connectivity index (χ1v) is 6.88. The normalized spacial score (nSPS) is 13.7. The lowest BCUT2D eigenvalue weighted by molar-refractivity contribution is 0.554. The van der Waals surface area contributed by atoms with Crippen molar-refractivity contribution in [2.75, 3.05) is 5.21 Å². The summed E-state index contributed by atoms with van der Waals surface area (Å²) in [6, 6.07) is 9.25. The van der Waals surface area contributed by atoms with E-state index in [0.717, 1.165) is 5.56 Å². The molecule has 0 saturated heterocycles. The average molecular weight is 248 g/mol. The van der Waals surface area contributed by atoms with Gasteiger partial charge in [-0.3, -0.25) is 0 Å². The largest absolute Gasteiger partial charge is 0.226 e. The van der Waals surface area contributed by atoms with Gasteiger partial charge < -0.3 is 0 Å². The Morgan fingerprint density at radius 2 is 1.93 bits per heavy atom. The molecule has 0 aliphatic heterocycles. The molecule has 1 rings (SSSR count). The minimum atomic E-state index is -3.36. The van der Waals surface area contributed by atoms with Crippen molar-refractivity contribution in [3.8, 4) is 0 Å². The van der Waals surface area contributed by atoms with Crippen LogP contribution in [0.3, 0.4) is 0 Å². The Morgan fingerprint density at radius 3 is 2.40 bits per heavy atom. The monoisotopic (exact) mass is 247 g/mol. The lowest BCUT2D eigenvalue weighted by Crippen LogP contribution is -2.28. The molecule has 3 nitrogen and oxygen atoms in total. The number of benzene rings is 1. The fourth-order valence-electron chi connectivity index (χ4n) is 1.32. The maximum atomic E-state index is 11.3. The first-order chi connectivity index (χ1) is 7.09. The molecule has 0 aliphatic rings. The van der Waals surface area contributed by atoms with Gasteiger partial charge in [-0.1, -0.05) is 37.3 Å². The number of hydrogen-bond acceptors (Lipinski definition) is 2. The van der Waals surface area contributed by atoms with Gasteiger partial charge in [-0.25, -0.2) is 13.1 Å². The molecular weight excluding hydrogens is 234 g/mol. The minimum Gasteiger partial charge on any atom is -0.211 e. The molecule has 1 aromatic carbocycles. The second kappa shape index (κ2) is 5.49. The van der Waals surface area contributed by atoms with Gasteiger partial charge >= 0.3 is 0 Å². The van der Waals surface area contributed by atoms with E-state index in [1.165, 1.54) is 0 Å². The molecule has 0 fully saturated rings. The van der Waals surface area contributed by atoms with Crippen LogP contribution in [0.5, 0.6) is 0 Å². The summed E-state index contributed by atoms with van der Waals surface area (Å²) in [6.45, 7) is 1.93. The first-order valence-electron chi connectivity index (χ1n) is 4.70. The Labute approximate surface area is 95.5 Å². The van der Waals surface area contributed by atoms with Crippen molar-refractivity contribution in [3.05, 3.63) is 35.9 Å². The molecule has 0 aromatic heterocycles. The summed E-state index contributed by atoms with van der Waals surface area (Å²) in [5.74, 6) is 0. The van der Waals surface area contributed by atoms with E-state index in [1.54, 1.807) is 0 Å². The number of hydrogen-bond donors (Lipinski definition) is 1. The number of alkyl halides is 1. The Kier molecular flexibility index (Phi) is 4.57. The highest BCUT2D eigenvalue weighted by Gasteiger charge is 2.16. The van der Waals surface area contributed by atoms with E-state index >= 15 is 0 Å². The van der Waals surface area contributed by atoms with E-state index in [0.29, 0.717) is 6.42 Å². The van der Waals surface area contributed by atoms with Crippen molar-refractivity contribution in [2.45, 2.75) is 19.4 Å². The predicted octanol–water partition coefficient (Wildman–Crippen LogP) is 2.25. The van der Waals surface area contributed by atoms with Gasteiger partial charge in [-0.2, -0.15) is 0 Å². The molecule has 1 aromatic rings. The van der Waals surface area contributed by atoms with E-state index < -0.39 is 15.2 Å². The van der Waals surface area contributed by atoms with Crippen LogP contribution in [-0.2, 0) is 10.0 Å². The van der Waals surface area contributed by atoms with Crippen LogP contribution in [0.4, 0.5) is 0 Å². The van der Waals surface area contributed by atoms with E-state index in [-0.39, 0.29) is 6.04 Å². The lowest BCUT2D eigenvalue weighted by atomic mass is 10.1. The minimum absolute atomic E-state index is 0.199. The summed E-state index contributed by atoms with van der Waals surface area (Å²) in [5, 5.41) is -0.406. The van der Waals surface area contributed by atoms with Crippen LogP contribution in [0.15, 0.2) is 30.3 Å². The molecule has 0 saturated carbocycles. The Balaban J connectivity index is 2.83. The Morgan fingerprint density at radius 1 is 1.33 bits per heavy atom. The van der Waals surface area contributed by atoms with Gasteiger partial charge in [0.15, 0.2) is 0 Å². The molecule has 5 heteroatoms. The topological polar surface area (TPSA) is 46.2 Å². The maximum absolute atomic E-state index is 11.3. The zero-order chi connectivity index (χ0) is 11.3. The summed E-state index contributed by atoms with van der Waals surface area (Å²) in [6.07, 6.45) is 0.695. The van der Waals surface area contributed by atoms with Crippen LogP contribution in [0.1, 0.15) is 24.9 Å². The van der Waals surface area contributed by atoms with Crippen molar-refractivity contribution < 1.29 is 8.42 Å². The highest BCUT2D eigenvalue weighted by Crippen LogP contribution is 2.17. The third-order valence-corrected chi connectivity index (χ3v) is 3.87. The summed E-state index contributed by atoms with van der Waals surface area (Å²) in [5.41, 5.74) is 0.952. The molecular formula is C10H14ClNO2S. The van der Waals surface area contributed by atoms with Gasteiger partial charge in [0.2, 0.25) is 10.0 Å². The second-order valence-electron chi connectivity index (χ2n) is 3.21. The number of nitrogens with one attached hydrogen (secondary N) is 1. The Bertz CT molecular complexity index is 391. The van der Waals surface area contributed by atoms with Crippen molar-refractivity contribution >= 4 is 21.6 Å². The highest BCUT2D eigenvalue weighted by molar-refractivity contribution is 7.90. The summed E-state index contributed by atoms with van der Waals surface area (Å²) in [4.78, 5) is 0. The first kappa shape index (κ1) is 12.5. The fourth-order valence-corrected chi connectivity index (χ4v) is 2.31. The average Bonchev–Trinajstić information content (AvgIpc) is 2.27.